The predicted molar refractivity (Wildman–Crippen MR) is 62.8 cm³/mol. The van der Waals surface area contributed by atoms with Crippen LogP contribution in [0.15, 0.2) is 30.3 Å². The Morgan fingerprint density at radius 2 is 2.07 bits per heavy atom. The monoisotopic (exact) mass is 204 g/mol. The fraction of sp³-hybridized carbons (Fsp3) is 0.571. The van der Waals surface area contributed by atoms with Crippen molar-refractivity contribution in [3.8, 4) is 0 Å². The van der Waals surface area contributed by atoms with Gasteiger partial charge in [-0.15, -0.1) is 0 Å². The Morgan fingerprint density at radius 3 is 2.60 bits per heavy atom. The standard InChI is InChI=1S/C14H20O/c1-2-12-8-9-14(10-12,11-15)13-6-4-3-5-7-13/h3-7,12,15H,2,8-11H2,1H3/t12-,14+/m1/s1. The van der Waals surface area contributed by atoms with Crippen molar-refractivity contribution in [1.82, 2.24) is 0 Å². The first kappa shape index (κ1) is 10.7. The summed E-state index contributed by atoms with van der Waals surface area (Å²) in [6.45, 7) is 2.55. The maximum absolute atomic E-state index is 9.68. The molecule has 1 nitrogen and oxygen atoms in total. The fourth-order valence-electron chi connectivity index (χ4n) is 2.87. The van der Waals surface area contributed by atoms with Gasteiger partial charge in [0.25, 0.3) is 0 Å². The highest BCUT2D eigenvalue weighted by molar-refractivity contribution is 5.27. The Balaban J connectivity index is 2.24. The minimum Gasteiger partial charge on any atom is -0.395 e. The van der Waals surface area contributed by atoms with Gasteiger partial charge in [-0.1, -0.05) is 43.7 Å². The molecule has 0 spiro atoms. The Labute approximate surface area is 92.1 Å². The number of hydrogen-bond acceptors (Lipinski definition) is 1. The normalized spacial score (nSPS) is 30.7. The molecule has 1 saturated carbocycles. The first-order valence-electron chi connectivity index (χ1n) is 5.97. The van der Waals surface area contributed by atoms with Crippen molar-refractivity contribution >= 4 is 0 Å². The Bertz CT molecular complexity index is 306. The molecule has 1 heteroatoms. The summed E-state index contributed by atoms with van der Waals surface area (Å²) in [6.07, 6.45) is 4.82. The molecule has 1 aromatic rings. The fourth-order valence-corrected chi connectivity index (χ4v) is 2.87. The second kappa shape index (κ2) is 4.36. The number of aliphatic hydroxyl groups excluding tert-OH is 1. The molecule has 1 N–H and O–H groups in total. The first-order valence-corrected chi connectivity index (χ1v) is 5.97. The van der Waals surface area contributed by atoms with Crippen molar-refractivity contribution in [2.24, 2.45) is 5.92 Å². The van der Waals surface area contributed by atoms with Gasteiger partial charge in [0.15, 0.2) is 0 Å². The number of hydrogen-bond donors (Lipinski definition) is 1. The second-order valence-corrected chi connectivity index (χ2v) is 4.82. The lowest BCUT2D eigenvalue weighted by molar-refractivity contribution is 0.191. The van der Waals surface area contributed by atoms with Gasteiger partial charge in [-0.05, 0) is 30.7 Å². The summed E-state index contributed by atoms with van der Waals surface area (Å²) in [5.74, 6) is 0.803. The van der Waals surface area contributed by atoms with Gasteiger partial charge in [-0.25, -0.2) is 0 Å². The van der Waals surface area contributed by atoms with Gasteiger partial charge >= 0.3 is 0 Å². The van der Waals surface area contributed by atoms with Crippen LogP contribution in [0, 0.1) is 5.92 Å². The van der Waals surface area contributed by atoms with E-state index in [0.717, 1.165) is 18.8 Å². The van der Waals surface area contributed by atoms with E-state index in [4.69, 9.17) is 0 Å². The van der Waals surface area contributed by atoms with E-state index in [0.29, 0.717) is 6.61 Å². The Kier molecular flexibility index (Phi) is 3.11. The van der Waals surface area contributed by atoms with Gasteiger partial charge < -0.3 is 5.11 Å². The average Bonchev–Trinajstić information content (AvgIpc) is 2.75. The van der Waals surface area contributed by atoms with Crippen LogP contribution in [0.25, 0.3) is 0 Å². The number of rotatable bonds is 3. The van der Waals surface area contributed by atoms with Crippen molar-refractivity contribution in [1.29, 1.82) is 0 Å². The Morgan fingerprint density at radius 1 is 1.33 bits per heavy atom. The van der Waals surface area contributed by atoms with Crippen LogP contribution in [0.5, 0.6) is 0 Å². The maximum Gasteiger partial charge on any atom is 0.0528 e. The molecule has 2 atom stereocenters. The van der Waals surface area contributed by atoms with E-state index in [2.05, 4.69) is 31.2 Å². The summed E-state index contributed by atoms with van der Waals surface area (Å²) in [4.78, 5) is 0. The van der Waals surface area contributed by atoms with Gasteiger partial charge in [0, 0.05) is 5.41 Å². The largest absolute Gasteiger partial charge is 0.395 e. The molecule has 0 saturated heterocycles. The summed E-state index contributed by atoms with van der Waals surface area (Å²) in [7, 11) is 0. The number of benzene rings is 1. The van der Waals surface area contributed by atoms with Crippen LogP contribution in [0.2, 0.25) is 0 Å². The molecule has 0 radical (unpaired) electrons. The summed E-state index contributed by atoms with van der Waals surface area (Å²) < 4.78 is 0. The average molecular weight is 204 g/mol. The lowest BCUT2D eigenvalue weighted by atomic mass is 9.79. The molecule has 0 heterocycles. The molecular weight excluding hydrogens is 184 g/mol. The smallest absolute Gasteiger partial charge is 0.0528 e. The summed E-state index contributed by atoms with van der Waals surface area (Å²) in [6, 6.07) is 10.5. The topological polar surface area (TPSA) is 20.2 Å². The summed E-state index contributed by atoms with van der Waals surface area (Å²) in [5, 5.41) is 9.68. The third-order valence-corrected chi connectivity index (χ3v) is 3.98. The molecule has 0 aromatic heterocycles. The van der Waals surface area contributed by atoms with Crippen molar-refractivity contribution < 1.29 is 5.11 Å². The zero-order chi connectivity index (χ0) is 10.7. The van der Waals surface area contributed by atoms with E-state index in [9.17, 15) is 5.11 Å². The van der Waals surface area contributed by atoms with E-state index >= 15 is 0 Å². The zero-order valence-electron chi connectivity index (χ0n) is 9.45. The Hall–Kier alpha value is -0.820. The van der Waals surface area contributed by atoms with Gasteiger partial charge in [0.1, 0.15) is 0 Å². The minimum absolute atomic E-state index is 0.0575. The van der Waals surface area contributed by atoms with Crippen LogP contribution < -0.4 is 0 Å². The van der Waals surface area contributed by atoms with Crippen molar-refractivity contribution in [3.05, 3.63) is 35.9 Å². The third kappa shape index (κ3) is 1.93. The van der Waals surface area contributed by atoms with Crippen LogP contribution >= 0.6 is 0 Å². The van der Waals surface area contributed by atoms with E-state index < -0.39 is 0 Å². The molecule has 0 bridgehead atoms. The molecule has 1 aliphatic carbocycles. The molecular formula is C14H20O. The van der Waals surface area contributed by atoms with E-state index in [1.54, 1.807) is 0 Å². The predicted octanol–water partition coefficient (Wildman–Crippen LogP) is 3.13. The minimum atomic E-state index is 0.0575. The highest BCUT2D eigenvalue weighted by atomic mass is 16.3. The molecule has 0 aliphatic heterocycles. The lowest BCUT2D eigenvalue weighted by Crippen LogP contribution is -2.27. The summed E-state index contributed by atoms with van der Waals surface area (Å²) >= 11 is 0. The van der Waals surface area contributed by atoms with Crippen molar-refractivity contribution in [2.45, 2.75) is 38.0 Å². The summed E-state index contributed by atoms with van der Waals surface area (Å²) in [5.41, 5.74) is 1.38. The van der Waals surface area contributed by atoms with Crippen LogP contribution in [0.3, 0.4) is 0 Å². The molecule has 0 amide bonds. The molecule has 1 aromatic carbocycles. The van der Waals surface area contributed by atoms with Crippen LogP contribution in [-0.2, 0) is 5.41 Å². The van der Waals surface area contributed by atoms with Gasteiger partial charge in [0.2, 0.25) is 0 Å². The molecule has 82 valence electrons. The lowest BCUT2D eigenvalue weighted by Gasteiger charge is -2.27. The van der Waals surface area contributed by atoms with Crippen LogP contribution in [0.4, 0.5) is 0 Å². The molecule has 0 unspecified atom stereocenters. The zero-order valence-corrected chi connectivity index (χ0v) is 9.45. The number of aliphatic hydroxyl groups is 1. The highest BCUT2D eigenvalue weighted by Crippen LogP contribution is 2.44. The SMILES string of the molecule is CC[C@@H]1CC[C@](CO)(c2ccccc2)C1. The molecule has 1 fully saturated rings. The third-order valence-electron chi connectivity index (χ3n) is 3.98. The van der Waals surface area contributed by atoms with E-state index in [1.165, 1.54) is 18.4 Å². The van der Waals surface area contributed by atoms with E-state index in [-0.39, 0.29) is 5.41 Å². The quantitative estimate of drug-likeness (QED) is 0.802. The molecule has 2 rings (SSSR count). The molecule has 1 aliphatic rings. The highest BCUT2D eigenvalue weighted by Gasteiger charge is 2.39. The van der Waals surface area contributed by atoms with Crippen LogP contribution in [-0.4, -0.2) is 11.7 Å². The van der Waals surface area contributed by atoms with Gasteiger partial charge in [0.05, 0.1) is 6.61 Å². The maximum atomic E-state index is 9.68. The van der Waals surface area contributed by atoms with E-state index in [1.807, 2.05) is 6.07 Å². The van der Waals surface area contributed by atoms with Crippen molar-refractivity contribution in [2.75, 3.05) is 6.61 Å². The first-order chi connectivity index (χ1) is 7.30. The van der Waals surface area contributed by atoms with Gasteiger partial charge in [-0.3, -0.25) is 0 Å². The van der Waals surface area contributed by atoms with Crippen LogP contribution in [0.1, 0.15) is 38.2 Å². The van der Waals surface area contributed by atoms with Gasteiger partial charge in [-0.2, -0.15) is 0 Å². The van der Waals surface area contributed by atoms with Crippen molar-refractivity contribution in [3.63, 3.8) is 0 Å². The second-order valence-electron chi connectivity index (χ2n) is 4.82. The molecule has 15 heavy (non-hydrogen) atoms.